The summed E-state index contributed by atoms with van der Waals surface area (Å²) in [5, 5.41) is 4.87. The lowest BCUT2D eigenvalue weighted by atomic mass is 9.95. The van der Waals surface area contributed by atoms with E-state index in [1.54, 1.807) is 17.8 Å². The molecule has 2 nitrogen and oxygen atoms in total. The summed E-state index contributed by atoms with van der Waals surface area (Å²) in [5.41, 5.74) is 3.27. The number of aliphatic imine (C=N–C) groups is 1. The molecule has 0 fully saturated rings. The Morgan fingerprint density at radius 1 is 0.926 bits per heavy atom. The highest BCUT2D eigenvalue weighted by Crippen LogP contribution is 2.38. The van der Waals surface area contributed by atoms with Crippen molar-refractivity contribution in [1.82, 2.24) is 5.32 Å². The van der Waals surface area contributed by atoms with Gasteiger partial charge in [-0.25, -0.2) is 4.39 Å². The first-order valence-corrected chi connectivity index (χ1v) is 10.1. The molecule has 1 N–H and O–H groups in total. The van der Waals surface area contributed by atoms with Crippen molar-refractivity contribution in [2.75, 3.05) is 0 Å². The molecule has 2 atom stereocenters. The number of rotatable bonds is 4. The molecule has 0 spiro atoms. The molecule has 0 saturated heterocycles. The standard InChI is InChI=1S/C22H18ClFN2S/c23-19-13-18(24)12-11-17(19)14-27-22-25-20(15-7-3-1-4-8-15)21(26-22)16-9-5-2-6-10-16/h1-13,20-21H,14H2,(H,25,26)/t20-,21+. The van der Waals surface area contributed by atoms with E-state index in [0.29, 0.717) is 10.8 Å². The maximum absolute atomic E-state index is 13.2. The molecule has 0 radical (unpaired) electrons. The number of nitrogens with zero attached hydrogens (tertiary/aromatic N) is 1. The molecule has 0 bridgehead atoms. The number of hydrogen-bond donors (Lipinski definition) is 1. The Kier molecular flexibility index (Phi) is 5.46. The fraction of sp³-hybridized carbons (Fsp3) is 0.136. The van der Waals surface area contributed by atoms with Crippen molar-refractivity contribution in [3.8, 4) is 0 Å². The van der Waals surface area contributed by atoms with Crippen molar-refractivity contribution in [1.29, 1.82) is 0 Å². The van der Waals surface area contributed by atoms with E-state index in [9.17, 15) is 4.39 Å². The number of halogens is 2. The molecule has 4 rings (SSSR count). The van der Waals surface area contributed by atoms with Crippen LogP contribution in [0.2, 0.25) is 5.02 Å². The third kappa shape index (κ3) is 4.18. The number of amidine groups is 1. The Balaban J connectivity index is 1.56. The average Bonchev–Trinajstić information content (AvgIpc) is 3.13. The Bertz CT molecular complexity index is 947. The van der Waals surface area contributed by atoms with Crippen LogP contribution >= 0.6 is 23.4 Å². The highest BCUT2D eigenvalue weighted by Gasteiger charge is 2.31. The van der Waals surface area contributed by atoms with Gasteiger partial charge in [-0.15, -0.1) is 0 Å². The van der Waals surface area contributed by atoms with Crippen molar-refractivity contribution < 1.29 is 4.39 Å². The van der Waals surface area contributed by atoms with E-state index in [-0.39, 0.29) is 17.9 Å². The van der Waals surface area contributed by atoms with E-state index in [1.807, 2.05) is 36.4 Å². The normalized spacial score (nSPS) is 18.8. The van der Waals surface area contributed by atoms with Crippen molar-refractivity contribution in [2.24, 2.45) is 4.99 Å². The molecule has 1 aliphatic heterocycles. The van der Waals surface area contributed by atoms with Crippen LogP contribution in [0.5, 0.6) is 0 Å². The maximum Gasteiger partial charge on any atom is 0.158 e. The van der Waals surface area contributed by atoms with Gasteiger partial charge in [0.05, 0.1) is 6.04 Å². The molecule has 27 heavy (non-hydrogen) atoms. The molecule has 5 heteroatoms. The maximum atomic E-state index is 13.2. The monoisotopic (exact) mass is 396 g/mol. The van der Waals surface area contributed by atoms with Crippen molar-refractivity contribution in [2.45, 2.75) is 17.8 Å². The van der Waals surface area contributed by atoms with E-state index in [0.717, 1.165) is 10.7 Å². The van der Waals surface area contributed by atoms with E-state index in [2.05, 4.69) is 29.6 Å². The molecule has 0 saturated carbocycles. The Morgan fingerprint density at radius 3 is 2.26 bits per heavy atom. The van der Waals surface area contributed by atoms with Crippen LogP contribution in [0.4, 0.5) is 4.39 Å². The van der Waals surface area contributed by atoms with Crippen molar-refractivity contribution in [3.05, 3.63) is 106 Å². The summed E-state index contributed by atoms with van der Waals surface area (Å²) >= 11 is 7.74. The second-order valence-electron chi connectivity index (χ2n) is 6.35. The molecule has 0 unspecified atom stereocenters. The van der Waals surface area contributed by atoms with Gasteiger partial charge in [0.25, 0.3) is 0 Å². The molecule has 0 amide bonds. The first-order valence-electron chi connectivity index (χ1n) is 8.71. The van der Waals surface area contributed by atoms with Crippen LogP contribution in [0, 0.1) is 5.82 Å². The average molecular weight is 397 g/mol. The summed E-state index contributed by atoms with van der Waals surface area (Å²) in [6.07, 6.45) is 0. The minimum Gasteiger partial charge on any atom is -0.356 e. The van der Waals surface area contributed by atoms with Gasteiger partial charge in [-0.3, -0.25) is 4.99 Å². The van der Waals surface area contributed by atoms with Crippen LogP contribution in [0.15, 0.2) is 83.9 Å². The van der Waals surface area contributed by atoms with Crippen LogP contribution in [0.1, 0.15) is 28.8 Å². The van der Waals surface area contributed by atoms with Crippen LogP contribution in [-0.2, 0) is 5.75 Å². The molecular formula is C22H18ClFN2S. The molecule has 3 aromatic rings. The molecule has 3 aromatic carbocycles. The van der Waals surface area contributed by atoms with Gasteiger partial charge < -0.3 is 5.32 Å². The summed E-state index contributed by atoms with van der Waals surface area (Å²) in [5.74, 6) is 0.312. The van der Waals surface area contributed by atoms with E-state index in [4.69, 9.17) is 16.6 Å². The number of thioether (sulfide) groups is 1. The van der Waals surface area contributed by atoms with Gasteiger partial charge in [0, 0.05) is 10.8 Å². The minimum atomic E-state index is -0.321. The molecule has 0 aromatic heterocycles. The minimum absolute atomic E-state index is 0.0137. The lowest BCUT2D eigenvalue weighted by Crippen LogP contribution is -2.22. The topological polar surface area (TPSA) is 24.4 Å². The Hall–Kier alpha value is -2.30. The van der Waals surface area contributed by atoms with Gasteiger partial charge in [-0.2, -0.15) is 0 Å². The molecule has 0 aliphatic carbocycles. The lowest BCUT2D eigenvalue weighted by molar-refractivity contribution is 0.573. The molecule has 1 heterocycles. The second kappa shape index (κ2) is 8.15. The summed E-state index contributed by atoms with van der Waals surface area (Å²) < 4.78 is 13.2. The highest BCUT2D eigenvalue weighted by atomic mass is 35.5. The van der Waals surface area contributed by atoms with E-state index in [1.165, 1.54) is 23.3 Å². The van der Waals surface area contributed by atoms with E-state index >= 15 is 0 Å². The predicted molar refractivity (Wildman–Crippen MR) is 112 cm³/mol. The zero-order valence-corrected chi connectivity index (χ0v) is 16.1. The van der Waals surface area contributed by atoms with Gasteiger partial charge in [0.1, 0.15) is 11.9 Å². The quantitative estimate of drug-likeness (QED) is 0.571. The van der Waals surface area contributed by atoms with Crippen molar-refractivity contribution >= 4 is 28.5 Å². The van der Waals surface area contributed by atoms with Crippen LogP contribution < -0.4 is 5.32 Å². The van der Waals surface area contributed by atoms with Crippen LogP contribution in [0.25, 0.3) is 0 Å². The fourth-order valence-corrected chi connectivity index (χ4v) is 4.41. The smallest absolute Gasteiger partial charge is 0.158 e. The van der Waals surface area contributed by atoms with Gasteiger partial charge in [-0.1, -0.05) is 90.1 Å². The first kappa shape index (κ1) is 18.1. The molecule has 1 aliphatic rings. The fourth-order valence-electron chi connectivity index (χ4n) is 3.16. The number of benzene rings is 3. The van der Waals surface area contributed by atoms with Gasteiger partial charge in [0.2, 0.25) is 0 Å². The Labute approximate surface area is 167 Å². The molecule has 136 valence electrons. The summed E-state index contributed by atoms with van der Waals surface area (Å²) in [6.45, 7) is 0. The van der Waals surface area contributed by atoms with Crippen LogP contribution in [0.3, 0.4) is 0 Å². The second-order valence-corrected chi connectivity index (χ2v) is 7.72. The number of hydrogen-bond acceptors (Lipinski definition) is 3. The van der Waals surface area contributed by atoms with Crippen molar-refractivity contribution in [3.63, 3.8) is 0 Å². The van der Waals surface area contributed by atoms with Gasteiger partial charge >= 0.3 is 0 Å². The third-order valence-corrected chi connectivity index (χ3v) is 5.83. The Morgan fingerprint density at radius 2 is 1.59 bits per heavy atom. The van der Waals surface area contributed by atoms with E-state index < -0.39 is 0 Å². The zero-order valence-electron chi connectivity index (χ0n) is 14.5. The summed E-state index contributed by atoms with van der Waals surface area (Å²) in [6, 6.07) is 25.3. The molecular weight excluding hydrogens is 379 g/mol. The van der Waals surface area contributed by atoms with Crippen LogP contribution in [-0.4, -0.2) is 5.17 Å². The summed E-state index contributed by atoms with van der Waals surface area (Å²) in [7, 11) is 0. The summed E-state index contributed by atoms with van der Waals surface area (Å²) in [4.78, 5) is 4.93. The predicted octanol–water partition coefficient (Wildman–Crippen LogP) is 6.15. The van der Waals surface area contributed by atoms with Gasteiger partial charge in [0.15, 0.2) is 5.17 Å². The van der Waals surface area contributed by atoms with Gasteiger partial charge in [-0.05, 0) is 28.8 Å². The lowest BCUT2D eigenvalue weighted by Gasteiger charge is -2.19. The number of nitrogens with one attached hydrogen (secondary N) is 1. The first-order chi connectivity index (χ1) is 13.2. The third-order valence-electron chi connectivity index (χ3n) is 4.53. The largest absolute Gasteiger partial charge is 0.356 e. The SMILES string of the molecule is Fc1ccc(CSC2=N[C@@H](c3ccccc3)[C@@H](c3ccccc3)N2)c(Cl)c1. The zero-order chi connectivity index (χ0) is 18.6. The highest BCUT2D eigenvalue weighted by molar-refractivity contribution is 8.13.